The molecule has 1 saturated heterocycles. The van der Waals surface area contributed by atoms with Gasteiger partial charge in [0.25, 0.3) is 0 Å². The fourth-order valence-electron chi connectivity index (χ4n) is 2.44. The van der Waals surface area contributed by atoms with Crippen LogP contribution in [0.5, 0.6) is 0 Å². The third-order valence-electron chi connectivity index (χ3n) is 3.85. The van der Waals surface area contributed by atoms with Crippen LogP contribution in [-0.4, -0.2) is 19.0 Å². The van der Waals surface area contributed by atoms with Crippen molar-refractivity contribution < 1.29 is 9.18 Å². The van der Waals surface area contributed by atoms with Gasteiger partial charge in [-0.15, -0.1) is 0 Å². The lowest BCUT2D eigenvalue weighted by Gasteiger charge is -2.25. The van der Waals surface area contributed by atoms with Gasteiger partial charge in [-0.3, -0.25) is 4.79 Å². The summed E-state index contributed by atoms with van der Waals surface area (Å²) < 4.78 is 14.4. The van der Waals surface area contributed by atoms with Gasteiger partial charge in [-0.25, -0.2) is 4.39 Å². The quantitative estimate of drug-likeness (QED) is 0.892. The molecule has 0 aliphatic carbocycles. The van der Waals surface area contributed by atoms with Gasteiger partial charge in [0.15, 0.2) is 0 Å². The Morgan fingerprint density at radius 1 is 1.58 bits per heavy atom. The van der Waals surface area contributed by atoms with Crippen molar-refractivity contribution in [3.8, 4) is 0 Å². The number of carbonyl (C=O) groups excluding carboxylic acids is 1. The molecule has 1 aliphatic heterocycles. The van der Waals surface area contributed by atoms with Crippen molar-refractivity contribution in [3.05, 3.63) is 34.1 Å². The smallest absolute Gasteiger partial charge is 0.227 e. The highest BCUT2D eigenvalue weighted by atomic mass is 79.9. The number of benzene rings is 1. The first kappa shape index (κ1) is 14.5. The Balaban J connectivity index is 2.02. The van der Waals surface area contributed by atoms with Crippen molar-refractivity contribution in [2.24, 2.45) is 5.41 Å². The van der Waals surface area contributed by atoms with Crippen LogP contribution in [0.15, 0.2) is 22.7 Å². The lowest BCUT2D eigenvalue weighted by Crippen LogP contribution is -2.41. The van der Waals surface area contributed by atoms with Crippen LogP contribution in [0.25, 0.3) is 0 Å². The highest BCUT2D eigenvalue weighted by Crippen LogP contribution is 2.29. The second kappa shape index (κ2) is 6.01. The molecule has 19 heavy (non-hydrogen) atoms. The average Bonchev–Trinajstić information content (AvgIpc) is 2.89. The van der Waals surface area contributed by atoms with Gasteiger partial charge in [-0.05, 0) is 37.6 Å². The Morgan fingerprint density at radius 3 is 3.00 bits per heavy atom. The summed E-state index contributed by atoms with van der Waals surface area (Å²) in [5.41, 5.74) is 0.169. The fraction of sp³-hybridized carbons (Fsp3) is 0.500. The summed E-state index contributed by atoms with van der Waals surface area (Å²) in [4.78, 5) is 12.3. The zero-order valence-electron chi connectivity index (χ0n) is 10.9. The molecule has 0 aromatic heterocycles. The third-order valence-corrected chi connectivity index (χ3v) is 4.34. The van der Waals surface area contributed by atoms with Crippen molar-refractivity contribution in [1.82, 2.24) is 10.6 Å². The SMILES string of the molecule is CCC1(C(=O)NCc2cc(Br)ccc2F)CCNC1. The molecule has 0 radical (unpaired) electrons. The van der Waals surface area contributed by atoms with E-state index in [1.54, 1.807) is 12.1 Å². The molecule has 1 heterocycles. The molecule has 5 heteroatoms. The van der Waals surface area contributed by atoms with Crippen LogP contribution in [0.2, 0.25) is 0 Å². The van der Waals surface area contributed by atoms with Crippen LogP contribution >= 0.6 is 15.9 Å². The number of carbonyl (C=O) groups is 1. The van der Waals surface area contributed by atoms with E-state index in [0.29, 0.717) is 12.1 Å². The maximum Gasteiger partial charge on any atom is 0.227 e. The first-order chi connectivity index (χ1) is 9.07. The van der Waals surface area contributed by atoms with Crippen LogP contribution in [-0.2, 0) is 11.3 Å². The van der Waals surface area contributed by atoms with Crippen molar-refractivity contribution in [2.75, 3.05) is 13.1 Å². The highest BCUT2D eigenvalue weighted by Gasteiger charge is 2.39. The van der Waals surface area contributed by atoms with E-state index in [4.69, 9.17) is 0 Å². The lowest BCUT2D eigenvalue weighted by molar-refractivity contribution is -0.130. The molecule has 3 nitrogen and oxygen atoms in total. The van der Waals surface area contributed by atoms with Gasteiger partial charge in [0.05, 0.1) is 5.41 Å². The zero-order chi connectivity index (χ0) is 13.9. The van der Waals surface area contributed by atoms with E-state index in [-0.39, 0.29) is 23.7 Å². The van der Waals surface area contributed by atoms with Crippen molar-refractivity contribution in [3.63, 3.8) is 0 Å². The Labute approximate surface area is 121 Å². The number of nitrogens with one attached hydrogen (secondary N) is 2. The van der Waals surface area contributed by atoms with E-state index >= 15 is 0 Å². The molecule has 1 aromatic rings. The summed E-state index contributed by atoms with van der Waals surface area (Å²) in [6, 6.07) is 4.74. The number of amides is 1. The number of hydrogen-bond acceptors (Lipinski definition) is 2. The molecule has 1 amide bonds. The number of halogens is 2. The van der Waals surface area contributed by atoms with Gasteiger partial charge in [0.1, 0.15) is 5.82 Å². The largest absolute Gasteiger partial charge is 0.351 e. The van der Waals surface area contributed by atoms with Gasteiger partial charge in [0, 0.05) is 23.1 Å². The molecular formula is C14H18BrFN2O. The molecule has 0 saturated carbocycles. The van der Waals surface area contributed by atoms with Gasteiger partial charge in [-0.2, -0.15) is 0 Å². The molecule has 0 bridgehead atoms. The summed E-state index contributed by atoms with van der Waals surface area (Å²) in [6.45, 7) is 3.82. The van der Waals surface area contributed by atoms with Crippen LogP contribution in [0, 0.1) is 11.2 Å². The topological polar surface area (TPSA) is 41.1 Å². The minimum atomic E-state index is -0.331. The van der Waals surface area contributed by atoms with Crippen LogP contribution in [0.1, 0.15) is 25.3 Å². The van der Waals surface area contributed by atoms with E-state index < -0.39 is 0 Å². The van der Waals surface area contributed by atoms with Crippen LogP contribution in [0.3, 0.4) is 0 Å². The van der Waals surface area contributed by atoms with Crippen LogP contribution in [0.4, 0.5) is 4.39 Å². The summed E-state index contributed by atoms with van der Waals surface area (Å²) in [5, 5.41) is 6.08. The summed E-state index contributed by atoms with van der Waals surface area (Å²) >= 11 is 3.30. The Morgan fingerprint density at radius 2 is 2.37 bits per heavy atom. The van der Waals surface area contributed by atoms with E-state index in [2.05, 4.69) is 26.6 Å². The highest BCUT2D eigenvalue weighted by molar-refractivity contribution is 9.10. The first-order valence-corrected chi connectivity index (χ1v) is 7.30. The predicted octanol–water partition coefficient (Wildman–Crippen LogP) is 2.59. The molecule has 0 spiro atoms. The van der Waals surface area contributed by atoms with Gasteiger partial charge in [-0.1, -0.05) is 22.9 Å². The van der Waals surface area contributed by atoms with E-state index in [0.717, 1.165) is 23.9 Å². The third kappa shape index (κ3) is 3.15. The maximum absolute atomic E-state index is 13.6. The molecular weight excluding hydrogens is 311 g/mol. The molecule has 1 aliphatic rings. The van der Waals surface area contributed by atoms with Crippen molar-refractivity contribution in [2.45, 2.75) is 26.3 Å². The Bertz CT molecular complexity index is 473. The predicted molar refractivity (Wildman–Crippen MR) is 76.2 cm³/mol. The second-order valence-electron chi connectivity index (χ2n) is 4.98. The maximum atomic E-state index is 13.6. The summed E-state index contributed by atoms with van der Waals surface area (Å²) in [6.07, 6.45) is 1.64. The molecule has 1 fully saturated rings. The molecule has 1 unspecified atom stereocenters. The average molecular weight is 329 g/mol. The van der Waals surface area contributed by atoms with Crippen molar-refractivity contribution in [1.29, 1.82) is 0 Å². The molecule has 1 atom stereocenters. The standard InChI is InChI=1S/C14H18BrFN2O/c1-2-14(5-6-17-9-14)13(19)18-8-10-7-11(15)3-4-12(10)16/h3-4,7,17H,2,5-6,8-9H2,1H3,(H,18,19). The van der Waals surface area contributed by atoms with E-state index in [1.807, 2.05) is 6.92 Å². The normalized spacial score (nSPS) is 22.5. The second-order valence-corrected chi connectivity index (χ2v) is 5.89. The zero-order valence-corrected chi connectivity index (χ0v) is 12.5. The minimum Gasteiger partial charge on any atom is -0.351 e. The lowest BCUT2D eigenvalue weighted by atomic mass is 9.83. The molecule has 104 valence electrons. The Kier molecular flexibility index (Phi) is 4.58. The van der Waals surface area contributed by atoms with E-state index in [9.17, 15) is 9.18 Å². The van der Waals surface area contributed by atoms with Gasteiger partial charge < -0.3 is 10.6 Å². The van der Waals surface area contributed by atoms with Crippen LogP contribution < -0.4 is 10.6 Å². The van der Waals surface area contributed by atoms with Gasteiger partial charge in [0.2, 0.25) is 5.91 Å². The Hall–Kier alpha value is -0.940. The molecule has 1 aromatic carbocycles. The number of rotatable bonds is 4. The van der Waals surface area contributed by atoms with E-state index in [1.165, 1.54) is 6.07 Å². The molecule has 2 rings (SSSR count). The fourth-order valence-corrected chi connectivity index (χ4v) is 2.85. The van der Waals surface area contributed by atoms with Gasteiger partial charge >= 0.3 is 0 Å². The monoisotopic (exact) mass is 328 g/mol. The summed E-state index contributed by atoms with van der Waals surface area (Å²) in [5.74, 6) is -0.280. The molecule has 2 N–H and O–H groups in total. The summed E-state index contributed by atoms with van der Waals surface area (Å²) in [7, 11) is 0. The first-order valence-electron chi connectivity index (χ1n) is 6.50. The minimum absolute atomic E-state index is 0.0133. The number of hydrogen-bond donors (Lipinski definition) is 2. The van der Waals surface area contributed by atoms with Crippen molar-refractivity contribution >= 4 is 21.8 Å².